The molecule has 9 heteroatoms. The first kappa shape index (κ1) is 20.6. The smallest absolute Gasteiger partial charge is 0.341 e. The van der Waals surface area contributed by atoms with Crippen LogP contribution in [-0.2, 0) is 19.1 Å². The molecule has 0 radical (unpaired) electrons. The van der Waals surface area contributed by atoms with E-state index in [0.29, 0.717) is 16.5 Å². The molecule has 0 aromatic heterocycles. The normalized spacial score (nSPS) is 15.0. The van der Waals surface area contributed by atoms with Gasteiger partial charge in [0.2, 0.25) is 5.91 Å². The molecular weight excluding hydrogens is 374 g/mol. The highest BCUT2D eigenvalue weighted by Gasteiger charge is 2.27. The minimum absolute atomic E-state index is 0.0273. The van der Waals surface area contributed by atoms with Gasteiger partial charge >= 0.3 is 11.9 Å². The number of amides is 1. The summed E-state index contributed by atoms with van der Waals surface area (Å²) in [6.45, 7) is 2.07. The Kier molecular flexibility index (Phi) is 7.54. The Labute approximate surface area is 161 Å². The lowest BCUT2D eigenvalue weighted by Gasteiger charge is -2.17. The molecule has 0 aliphatic carbocycles. The van der Waals surface area contributed by atoms with Crippen molar-refractivity contribution in [2.24, 2.45) is 0 Å². The van der Waals surface area contributed by atoms with E-state index in [-0.39, 0.29) is 37.0 Å². The molecule has 1 aliphatic heterocycles. The summed E-state index contributed by atoms with van der Waals surface area (Å²) in [4.78, 5) is 37.2. The Morgan fingerprint density at radius 3 is 2.67 bits per heavy atom. The lowest BCUT2D eigenvalue weighted by molar-refractivity contribution is -0.137. The quantitative estimate of drug-likeness (QED) is 0.486. The van der Waals surface area contributed by atoms with Gasteiger partial charge in [0, 0.05) is 6.07 Å². The second kappa shape index (κ2) is 9.86. The van der Waals surface area contributed by atoms with E-state index in [4.69, 9.17) is 18.9 Å². The highest BCUT2D eigenvalue weighted by atomic mass is 32.2. The van der Waals surface area contributed by atoms with Crippen LogP contribution >= 0.6 is 11.8 Å². The fourth-order valence-corrected chi connectivity index (χ4v) is 3.28. The van der Waals surface area contributed by atoms with Crippen molar-refractivity contribution in [2.75, 3.05) is 39.7 Å². The zero-order valence-corrected chi connectivity index (χ0v) is 16.2. The average molecular weight is 395 g/mol. The summed E-state index contributed by atoms with van der Waals surface area (Å²) in [6, 6.07) is 4.75. The summed E-state index contributed by atoms with van der Waals surface area (Å²) in [5.74, 6) is -0.143. The molecule has 1 saturated heterocycles. The highest BCUT2D eigenvalue weighted by molar-refractivity contribution is 8.04. The third-order valence-corrected chi connectivity index (χ3v) is 4.64. The van der Waals surface area contributed by atoms with E-state index in [1.165, 1.54) is 37.0 Å². The van der Waals surface area contributed by atoms with Crippen molar-refractivity contribution in [3.63, 3.8) is 0 Å². The van der Waals surface area contributed by atoms with Crippen LogP contribution < -0.4 is 9.47 Å². The van der Waals surface area contributed by atoms with Crippen molar-refractivity contribution >= 4 is 29.6 Å². The number of rotatable bonds is 8. The predicted molar refractivity (Wildman–Crippen MR) is 98.7 cm³/mol. The molecule has 1 heterocycles. The van der Waals surface area contributed by atoms with Crippen LogP contribution in [0.2, 0.25) is 0 Å². The SMILES string of the molecule is CCOC(=O)/C=C1\SCC(=O)N1CCOC(=O)c1ccc(OC)cc1OC. The largest absolute Gasteiger partial charge is 0.497 e. The first-order chi connectivity index (χ1) is 13.0. The number of carbonyl (C=O) groups is 3. The third kappa shape index (κ3) is 5.40. The van der Waals surface area contributed by atoms with Crippen LogP contribution in [-0.4, -0.2) is 62.5 Å². The van der Waals surface area contributed by atoms with Gasteiger partial charge < -0.3 is 23.8 Å². The summed E-state index contributed by atoms with van der Waals surface area (Å²) >= 11 is 1.24. The Hall–Kier alpha value is -2.68. The lowest BCUT2D eigenvalue weighted by atomic mass is 10.2. The van der Waals surface area contributed by atoms with Gasteiger partial charge in [-0.1, -0.05) is 11.8 Å². The molecule has 0 saturated carbocycles. The summed E-state index contributed by atoms with van der Waals surface area (Å²) in [6.07, 6.45) is 1.27. The molecule has 1 aliphatic rings. The maximum absolute atomic E-state index is 12.3. The first-order valence-electron chi connectivity index (χ1n) is 8.21. The average Bonchev–Trinajstić information content (AvgIpc) is 3.00. The number of ether oxygens (including phenoxy) is 4. The van der Waals surface area contributed by atoms with Gasteiger partial charge in [-0.05, 0) is 19.1 Å². The molecule has 0 N–H and O–H groups in total. The van der Waals surface area contributed by atoms with Crippen molar-refractivity contribution in [1.82, 2.24) is 4.90 Å². The van der Waals surface area contributed by atoms with Gasteiger partial charge in [0.15, 0.2) is 0 Å². The lowest BCUT2D eigenvalue weighted by Crippen LogP contribution is -2.29. The van der Waals surface area contributed by atoms with Crippen LogP contribution in [0.3, 0.4) is 0 Å². The standard InChI is InChI=1S/C18H21NO7S/c1-4-25-17(21)10-16-19(15(20)11-27-16)7-8-26-18(22)13-6-5-12(23-2)9-14(13)24-3/h5-6,9-10H,4,7-8,11H2,1-3H3/b16-10-. The topological polar surface area (TPSA) is 91.4 Å². The van der Waals surface area contributed by atoms with Crippen LogP contribution in [0.15, 0.2) is 29.3 Å². The van der Waals surface area contributed by atoms with E-state index in [1.54, 1.807) is 25.1 Å². The maximum atomic E-state index is 12.3. The van der Waals surface area contributed by atoms with Crippen molar-refractivity contribution in [1.29, 1.82) is 0 Å². The van der Waals surface area contributed by atoms with E-state index in [1.807, 2.05) is 0 Å². The van der Waals surface area contributed by atoms with E-state index in [9.17, 15) is 14.4 Å². The van der Waals surface area contributed by atoms with Gasteiger partial charge in [0.05, 0.1) is 44.2 Å². The van der Waals surface area contributed by atoms with E-state index in [2.05, 4.69) is 0 Å². The van der Waals surface area contributed by atoms with Crippen molar-refractivity contribution in [3.05, 3.63) is 34.9 Å². The number of nitrogens with zero attached hydrogens (tertiary/aromatic N) is 1. The monoisotopic (exact) mass is 395 g/mol. The fraction of sp³-hybridized carbons (Fsp3) is 0.389. The van der Waals surface area contributed by atoms with Crippen molar-refractivity contribution < 1.29 is 33.3 Å². The number of methoxy groups -OCH3 is 2. The van der Waals surface area contributed by atoms with Gasteiger partial charge in [-0.15, -0.1) is 0 Å². The number of esters is 2. The second-order valence-electron chi connectivity index (χ2n) is 5.27. The molecule has 0 bridgehead atoms. The molecule has 1 fully saturated rings. The number of hydrogen-bond donors (Lipinski definition) is 0. The zero-order valence-electron chi connectivity index (χ0n) is 15.4. The molecule has 0 unspecified atom stereocenters. The molecule has 0 spiro atoms. The molecule has 8 nitrogen and oxygen atoms in total. The van der Waals surface area contributed by atoms with Crippen LogP contribution in [0.25, 0.3) is 0 Å². The second-order valence-corrected chi connectivity index (χ2v) is 6.27. The summed E-state index contributed by atoms with van der Waals surface area (Å²) in [5, 5.41) is 0.483. The summed E-state index contributed by atoms with van der Waals surface area (Å²) in [7, 11) is 2.96. The number of carbonyl (C=O) groups excluding carboxylic acids is 3. The van der Waals surface area contributed by atoms with Gasteiger partial charge in [-0.3, -0.25) is 4.79 Å². The minimum atomic E-state index is -0.579. The number of thioether (sulfide) groups is 1. The highest BCUT2D eigenvalue weighted by Crippen LogP contribution is 2.29. The molecule has 27 heavy (non-hydrogen) atoms. The molecular formula is C18H21NO7S. The van der Waals surface area contributed by atoms with E-state index in [0.717, 1.165) is 0 Å². The Balaban J connectivity index is 1.97. The fourth-order valence-electron chi connectivity index (χ4n) is 2.33. The molecule has 0 atom stereocenters. The van der Waals surface area contributed by atoms with Gasteiger partial charge in [-0.25, -0.2) is 9.59 Å². The van der Waals surface area contributed by atoms with Crippen LogP contribution in [0.1, 0.15) is 17.3 Å². The van der Waals surface area contributed by atoms with Crippen LogP contribution in [0, 0.1) is 0 Å². The number of hydrogen-bond acceptors (Lipinski definition) is 8. The van der Waals surface area contributed by atoms with Gasteiger partial charge in [0.1, 0.15) is 23.7 Å². The Morgan fingerprint density at radius 1 is 1.22 bits per heavy atom. The van der Waals surface area contributed by atoms with E-state index < -0.39 is 11.9 Å². The molecule has 1 amide bonds. The Bertz CT molecular complexity index is 747. The minimum Gasteiger partial charge on any atom is -0.497 e. The summed E-state index contributed by atoms with van der Waals surface area (Å²) in [5.41, 5.74) is 0.253. The molecule has 1 aromatic rings. The van der Waals surface area contributed by atoms with Crippen LogP contribution in [0.5, 0.6) is 11.5 Å². The van der Waals surface area contributed by atoms with Crippen molar-refractivity contribution in [2.45, 2.75) is 6.92 Å². The number of benzene rings is 1. The molecule has 1 aromatic carbocycles. The first-order valence-corrected chi connectivity index (χ1v) is 9.19. The van der Waals surface area contributed by atoms with Gasteiger partial charge in [0.25, 0.3) is 0 Å². The van der Waals surface area contributed by atoms with Crippen molar-refractivity contribution in [3.8, 4) is 11.5 Å². The predicted octanol–water partition coefficient (Wildman–Crippen LogP) is 1.84. The molecule has 2 rings (SSSR count). The van der Waals surface area contributed by atoms with E-state index >= 15 is 0 Å². The summed E-state index contributed by atoms with van der Waals surface area (Å²) < 4.78 is 20.4. The zero-order chi connectivity index (χ0) is 19.8. The maximum Gasteiger partial charge on any atom is 0.341 e. The van der Waals surface area contributed by atoms with Crippen LogP contribution in [0.4, 0.5) is 0 Å². The molecule has 146 valence electrons. The third-order valence-electron chi connectivity index (χ3n) is 3.62. The van der Waals surface area contributed by atoms with Gasteiger partial charge in [-0.2, -0.15) is 0 Å². The Morgan fingerprint density at radius 2 is 2.00 bits per heavy atom.